The first kappa shape index (κ1) is 18.6. The number of aromatic nitrogens is 2. The summed E-state index contributed by atoms with van der Waals surface area (Å²) >= 11 is 0. The van der Waals surface area contributed by atoms with E-state index in [-0.39, 0.29) is 0 Å². The van der Waals surface area contributed by atoms with Gasteiger partial charge in [-0.15, -0.1) is 0 Å². The van der Waals surface area contributed by atoms with Gasteiger partial charge in [0.05, 0.1) is 16.6 Å². The second-order valence-electron chi connectivity index (χ2n) is 8.23. The van der Waals surface area contributed by atoms with E-state index in [2.05, 4.69) is 115 Å². The average Bonchev–Trinajstić information content (AvgIpc) is 3.18. The van der Waals surface area contributed by atoms with Gasteiger partial charge in [-0.05, 0) is 77.2 Å². The van der Waals surface area contributed by atoms with Crippen LogP contribution in [0.25, 0.3) is 49.9 Å². The zero-order valence-electron chi connectivity index (χ0n) is 17.9. The number of hydrogen-bond acceptors (Lipinski definition) is 1. The van der Waals surface area contributed by atoms with Gasteiger partial charge in [-0.25, -0.2) is 0 Å². The molecule has 2 nitrogen and oxygen atoms in total. The maximum absolute atomic E-state index is 4.70. The highest BCUT2D eigenvalue weighted by molar-refractivity contribution is 6.08. The van der Waals surface area contributed by atoms with Gasteiger partial charge in [0.25, 0.3) is 0 Å². The van der Waals surface area contributed by atoms with E-state index in [1.807, 2.05) is 12.3 Å². The van der Waals surface area contributed by atoms with Crippen molar-refractivity contribution in [3.63, 3.8) is 0 Å². The van der Waals surface area contributed by atoms with Gasteiger partial charge in [0, 0.05) is 17.3 Å². The third-order valence-electron chi connectivity index (χ3n) is 6.05. The molecule has 6 aromatic rings. The summed E-state index contributed by atoms with van der Waals surface area (Å²) in [6.07, 6.45) is 1.87. The molecule has 4 aromatic carbocycles. The van der Waals surface area contributed by atoms with Crippen LogP contribution in [0.2, 0.25) is 0 Å². The Labute approximate surface area is 187 Å². The summed E-state index contributed by atoms with van der Waals surface area (Å²) in [7, 11) is 0. The fourth-order valence-electron chi connectivity index (χ4n) is 4.61. The summed E-state index contributed by atoms with van der Waals surface area (Å²) in [5, 5.41) is 1.17. The highest BCUT2D eigenvalue weighted by Crippen LogP contribution is 2.35. The maximum atomic E-state index is 4.70. The lowest BCUT2D eigenvalue weighted by Gasteiger charge is -2.11. The minimum atomic E-state index is 1.03. The molecule has 0 fully saturated rings. The van der Waals surface area contributed by atoms with Crippen LogP contribution in [0, 0.1) is 6.92 Å². The number of hydrogen-bond donors (Lipinski definition) is 0. The van der Waals surface area contributed by atoms with Crippen LogP contribution in [0.15, 0.2) is 115 Å². The second kappa shape index (κ2) is 7.51. The van der Waals surface area contributed by atoms with Gasteiger partial charge < -0.3 is 4.57 Å². The molecule has 2 aromatic heterocycles. The topological polar surface area (TPSA) is 17.8 Å². The summed E-state index contributed by atoms with van der Waals surface area (Å²) in [4.78, 5) is 4.70. The van der Waals surface area contributed by atoms with Crippen LogP contribution in [0.3, 0.4) is 0 Å². The Morgan fingerprint density at radius 1 is 0.562 bits per heavy atom. The molecule has 152 valence electrons. The largest absolute Gasteiger partial charge is 0.308 e. The van der Waals surface area contributed by atoms with Crippen LogP contribution in [0.1, 0.15) is 5.56 Å². The number of fused-ring (bicyclic) bond motifs is 3. The molecule has 0 aliphatic rings. The lowest BCUT2D eigenvalue weighted by molar-refractivity contribution is 1.18. The quantitative estimate of drug-likeness (QED) is 0.291. The molecule has 0 aliphatic carbocycles. The molecule has 0 saturated heterocycles. The first-order valence-electron chi connectivity index (χ1n) is 10.9. The highest BCUT2D eigenvalue weighted by Gasteiger charge is 2.14. The molecule has 0 atom stereocenters. The molecule has 0 radical (unpaired) electrons. The first-order chi connectivity index (χ1) is 15.8. The highest BCUT2D eigenvalue weighted by atomic mass is 15.0. The second-order valence-corrected chi connectivity index (χ2v) is 8.23. The smallest absolute Gasteiger partial charge is 0.0963 e. The van der Waals surface area contributed by atoms with E-state index in [9.17, 15) is 0 Å². The van der Waals surface area contributed by atoms with Crippen LogP contribution < -0.4 is 0 Å². The molecule has 32 heavy (non-hydrogen) atoms. The third kappa shape index (κ3) is 3.09. The van der Waals surface area contributed by atoms with Gasteiger partial charge in [-0.1, -0.05) is 66.7 Å². The van der Waals surface area contributed by atoms with Crippen molar-refractivity contribution in [2.75, 3.05) is 0 Å². The van der Waals surface area contributed by atoms with Crippen LogP contribution in [-0.2, 0) is 0 Å². The summed E-state index contributed by atoms with van der Waals surface area (Å²) in [5.74, 6) is 0. The lowest BCUT2D eigenvalue weighted by atomic mass is 9.96. The molecule has 0 unspecified atom stereocenters. The Morgan fingerprint density at radius 2 is 1.28 bits per heavy atom. The van der Waals surface area contributed by atoms with Gasteiger partial charge in [0.2, 0.25) is 0 Å². The molecule has 6 rings (SSSR count). The van der Waals surface area contributed by atoms with Gasteiger partial charge in [0.1, 0.15) is 0 Å². The maximum Gasteiger partial charge on any atom is 0.0963 e. The summed E-state index contributed by atoms with van der Waals surface area (Å²) < 4.78 is 2.31. The van der Waals surface area contributed by atoms with Crippen molar-refractivity contribution in [3.8, 4) is 27.9 Å². The molecule has 0 amide bonds. The molecule has 2 heteroatoms. The van der Waals surface area contributed by atoms with E-state index < -0.39 is 0 Å². The monoisotopic (exact) mass is 410 g/mol. The Morgan fingerprint density at radius 3 is 2.06 bits per heavy atom. The van der Waals surface area contributed by atoms with E-state index in [1.165, 1.54) is 38.7 Å². The number of rotatable bonds is 3. The SMILES string of the molecule is Cc1cc(-c2ccccc2)cc(-c2ccc3c4ncccc4n(-c4ccccc4)c3c2)c1. The van der Waals surface area contributed by atoms with Crippen molar-refractivity contribution in [3.05, 3.63) is 121 Å². The summed E-state index contributed by atoms with van der Waals surface area (Å²) in [6.45, 7) is 2.17. The number of aryl methyl sites for hydroxylation is 1. The van der Waals surface area contributed by atoms with E-state index >= 15 is 0 Å². The minimum Gasteiger partial charge on any atom is -0.308 e. The first-order valence-corrected chi connectivity index (χ1v) is 10.9. The van der Waals surface area contributed by atoms with Crippen LogP contribution in [0.4, 0.5) is 0 Å². The van der Waals surface area contributed by atoms with Crippen molar-refractivity contribution in [2.24, 2.45) is 0 Å². The lowest BCUT2D eigenvalue weighted by Crippen LogP contribution is -1.93. The fourth-order valence-corrected chi connectivity index (χ4v) is 4.61. The summed E-state index contributed by atoms with van der Waals surface area (Å²) in [5.41, 5.74) is 10.6. The molecule has 0 spiro atoms. The van der Waals surface area contributed by atoms with Crippen molar-refractivity contribution in [1.82, 2.24) is 9.55 Å². The predicted octanol–water partition coefficient (Wildman–Crippen LogP) is 7.82. The Balaban J connectivity index is 1.60. The van der Waals surface area contributed by atoms with Crippen molar-refractivity contribution < 1.29 is 0 Å². The van der Waals surface area contributed by atoms with Gasteiger partial charge in [0.15, 0.2) is 0 Å². The van der Waals surface area contributed by atoms with Gasteiger partial charge in [-0.3, -0.25) is 4.98 Å². The van der Waals surface area contributed by atoms with Crippen molar-refractivity contribution in [1.29, 1.82) is 0 Å². The predicted molar refractivity (Wildman–Crippen MR) is 134 cm³/mol. The van der Waals surface area contributed by atoms with Crippen LogP contribution in [-0.4, -0.2) is 9.55 Å². The Bertz CT molecular complexity index is 1560. The summed E-state index contributed by atoms with van der Waals surface area (Å²) in [6, 6.07) is 38.8. The standard InChI is InChI=1S/C30H22N2/c1-21-17-24(22-9-4-2-5-10-22)19-25(18-21)23-14-15-27-29(20-23)32(26-11-6-3-7-12-26)28-13-8-16-31-30(27)28/h2-20H,1H3. The third-order valence-corrected chi connectivity index (χ3v) is 6.05. The Kier molecular flexibility index (Phi) is 4.36. The normalized spacial score (nSPS) is 11.3. The van der Waals surface area contributed by atoms with E-state index in [4.69, 9.17) is 4.98 Å². The van der Waals surface area contributed by atoms with Gasteiger partial charge >= 0.3 is 0 Å². The molecular weight excluding hydrogens is 388 g/mol. The fraction of sp³-hybridized carbons (Fsp3) is 0.0333. The van der Waals surface area contributed by atoms with Crippen molar-refractivity contribution >= 4 is 21.9 Å². The van der Waals surface area contributed by atoms with Gasteiger partial charge in [-0.2, -0.15) is 0 Å². The molecule has 0 bridgehead atoms. The van der Waals surface area contributed by atoms with E-state index in [1.54, 1.807) is 0 Å². The number of para-hydroxylation sites is 1. The molecule has 0 aliphatic heterocycles. The van der Waals surface area contributed by atoms with Crippen LogP contribution in [0.5, 0.6) is 0 Å². The van der Waals surface area contributed by atoms with Crippen LogP contribution >= 0.6 is 0 Å². The molecule has 2 heterocycles. The van der Waals surface area contributed by atoms with E-state index in [0.717, 1.165) is 16.7 Å². The number of benzene rings is 4. The number of nitrogens with zero attached hydrogens (tertiary/aromatic N) is 2. The average molecular weight is 411 g/mol. The molecule has 0 saturated carbocycles. The number of pyridine rings is 1. The van der Waals surface area contributed by atoms with E-state index in [0.29, 0.717) is 0 Å². The zero-order valence-corrected chi connectivity index (χ0v) is 17.9. The Hall–Kier alpha value is -4.17. The van der Waals surface area contributed by atoms with Crippen molar-refractivity contribution in [2.45, 2.75) is 6.92 Å². The molecule has 0 N–H and O–H groups in total. The minimum absolute atomic E-state index is 1.03. The molecular formula is C30H22N2. The zero-order chi connectivity index (χ0) is 21.5.